The van der Waals surface area contributed by atoms with Crippen LogP contribution in [0.25, 0.3) is 16.5 Å². The number of fused-ring (bicyclic) bond motifs is 1. The van der Waals surface area contributed by atoms with Gasteiger partial charge >= 0.3 is 0 Å². The average molecular weight is 223 g/mol. The highest BCUT2D eigenvalue weighted by Gasteiger charge is 2.19. The maximum Gasteiger partial charge on any atom is 0.176 e. The molecule has 1 atom stereocenters. The molecule has 0 saturated heterocycles. The summed E-state index contributed by atoms with van der Waals surface area (Å²) >= 11 is 0. The van der Waals surface area contributed by atoms with Gasteiger partial charge < -0.3 is 10.2 Å². The van der Waals surface area contributed by atoms with Crippen molar-refractivity contribution in [2.24, 2.45) is 5.73 Å². The lowest BCUT2D eigenvalue weighted by Gasteiger charge is -2.11. The second-order valence-corrected chi connectivity index (χ2v) is 3.70. The molecule has 1 heterocycles. The quantitative estimate of drug-likeness (QED) is 0.849. The zero-order valence-corrected chi connectivity index (χ0v) is 8.76. The highest BCUT2D eigenvalue weighted by atomic mass is 19.1. The summed E-state index contributed by atoms with van der Waals surface area (Å²) in [5.41, 5.74) is 5.61. The molecule has 0 spiro atoms. The standard InChI is InChI=1S/C12H11F2NO/c1-6(7(2)15)10-9(13)5-8-3-4-16-12(8)11(10)14/h3-5,7H,1,15H2,2H3. The third-order valence-electron chi connectivity index (χ3n) is 2.51. The van der Waals surface area contributed by atoms with E-state index in [0.717, 1.165) is 0 Å². The van der Waals surface area contributed by atoms with E-state index in [-0.39, 0.29) is 16.7 Å². The van der Waals surface area contributed by atoms with Crippen LogP contribution in [0.5, 0.6) is 0 Å². The van der Waals surface area contributed by atoms with Gasteiger partial charge in [0, 0.05) is 11.4 Å². The lowest BCUT2D eigenvalue weighted by atomic mass is 9.99. The van der Waals surface area contributed by atoms with E-state index in [9.17, 15) is 8.78 Å². The van der Waals surface area contributed by atoms with E-state index in [2.05, 4.69) is 6.58 Å². The van der Waals surface area contributed by atoms with Crippen LogP contribution in [-0.4, -0.2) is 6.04 Å². The zero-order chi connectivity index (χ0) is 11.9. The Kier molecular flexibility index (Phi) is 2.52. The minimum absolute atomic E-state index is 0.0261. The average Bonchev–Trinajstić information content (AvgIpc) is 2.65. The molecule has 84 valence electrons. The van der Waals surface area contributed by atoms with Crippen LogP contribution < -0.4 is 5.73 Å². The summed E-state index contributed by atoms with van der Waals surface area (Å²) in [6, 6.07) is 2.20. The van der Waals surface area contributed by atoms with Gasteiger partial charge in [-0.1, -0.05) is 6.58 Å². The summed E-state index contributed by atoms with van der Waals surface area (Å²) in [4.78, 5) is 0. The first-order valence-electron chi connectivity index (χ1n) is 4.82. The van der Waals surface area contributed by atoms with Crippen molar-refractivity contribution in [3.05, 3.63) is 42.2 Å². The molecule has 2 aromatic rings. The summed E-state index contributed by atoms with van der Waals surface area (Å²) in [5.74, 6) is -1.42. The van der Waals surface area contributed by atoms with Crippen LogP contribution >= 0.6 is 0 Å². The molecule has 0 radical (unpaired) electrons. The van der Waals surface area contributed by atoms with Crippen molar-refractivity contribution in [1.82, 2.24) is 0 Å². The van der Waals surface area contributed by atoms with Crippen LogP contribution in [0.4, 0.5) is 8.78 Å². The number of nitrogens with two attached hydrogens (primary N) is 1. The molecule has 2 rings (SSSR count). The maximum atomic E-state index is 13.9. The van der Waals surface area contributed by atoms with Crippen molar-refractivity contribution in [3.8, 4) is 0 Å². The number of benzene rings is 1. The van der Waals surface area contributed by atoms with Crippen LogP contribution in [0, 0.1) is 11.6 Å². The summed E-state index contributed by atoms with van der Waals surface area (Å²) in [6.07, 6.45) is 1.31. The number of furan rings is 1. The predicted octanol–water partition coefficient (Wildman–Crippen LogP) is 3.07. The number of rotatable bonds is 2. The zero-order valence-electron chi connectivity index (χ0n) is 8.76. The minimum Gasteiger partial charge on any atom is -0.461 e. The van der Waals surface area contributed by atoms with Gasteiger partial charge in [-0.05, 0) is 24.6 Å². The Bertz CT molecular complexity index is 557. The van der Waals surface area contributed by atoms with Gasteiger partial charge in [0.2, 0.25) is 0 Å². The Morgan fingerprint density at radius 1 is 1.50 bits per heavy atom. The van der Waals surface area contributed by atoms with E-state index in [1.165, 1.54) is 18.4 Å². The normalized spacial score (nSPS) is 13.0. The highest BCUT2D eigenvalue weighted by Crippen LogP contribution is 2.29. The van der Waals surface area contributed by atoms with E-state index in [1.807, 2.05) is 0 Å². The van der Waals surface area contributed by atoms with Crippen LogP contribution in [0.15, 0.2) is 29.4 Å². The first-order valence-corrected chi connectivity index (χ1v) is 4.82. The molecular weight excluding hydrogens is 212 g/mol. The van der Waals surface area contributed by atoms with Gasteiger partial charge in [-0.15, -0.1) is 0 Å². The van der Waals surface area contributed by atoms with Crippen LogP contribution in [0.1, 0.15) is 12.5 Å². The molecule has 0 fully saturated rings. The molecule has 16 heavy (non-hydrogen) atoms. The minimum atomic E-state index is -0.748. The van der Waals surface area contributed by atoms with Crippen molar-refractivity contribution in [3.63, 3.8) is 0 Å². The van der Waals surface area contributed by atoms with Gasteiger partial charge in [-0.2, -0.15) is 0 Å². The van der Waals surface area contributed by atoms with Gasteiger partial charge in [0.1, 0.15) is 5.82 Å². The summed E-state index contributed by atoms with van der Waals surface area (Å²) in [5, 5.41) is 0.385. The largest absolute Gasteiger partial charge is 0.461 e. The monoisotopic (exact) mass is 223 g/mol. The molecular formula is C12H11F2NO. The fourth-order valence-electron chi connectivity index (χ4n) is 1.56. The van der Waals surface area contributed by atoms with E-state index in [1.54, 1.807) is 6.92 Å². The SMILES string of the molecule is C=C(c1c(F)cc2ccoc2c1F)C(C)N. The number of halogens is 2. The van der Waals surface area contributed by atoms with Gasteiger partial charge in [0.25, 0.3) is 0 Å². The molecule has 1 unspecified atom stereocenters. The second-order valence-electron chi connectivity index (χ2n) is 3.70. The molecule has 0 saturated carbocycles. The second kappa shape index (κ2) is 3.72. The summed E-state index contributed by atoms with van der Waals surface area (Å²) in [7, 11) is 0. The molecule has 2 N–H and O–H groups in total. The molecule has 1 aromatic carbocycles. The van der Waals surface area contributed by atoms with Gasteiger partial charge in [-0.25, -0.2) is 8.78 Å². The van der Waals surface area contributed by atoms with Crippen molar-refractivity contribution in [2.75, 3.05) is 0 Å². The Morgan fingerprint density at radius 2 is 2.19 bits per heavy atom. The fraction of sp³-hybridized carbons (Fsp3) is 0.167. The number of hydrogen-bond acceptors (Lipinski definition) is 2. The summed E-state index contributed by atoms with van der Waals surface area (Å²) in [6.45, 7) is 5.21. The molecule has 0 aliphatic rings. The molecule has 1 aromatic heterocycles. The smallest absolute Gasteiger partial charge is 0.176 e. The maximum absolute atomic E-state index is 13.9. The third kappa shape index (κ3) is 1.51. The van der Waals surface area contributed by atoms with Crippen LogP contribution in [0.2, 0.25) is 0 Å². The molecule has 0 amide bonds. The summed E-state index contributed by atoms with van der Waals surface area (Å²) < 4.78 is 32.5. The molecule has 0 bridgehead atoms. The van der Waals surface area contributed by atoms with E-state index in [0.29, 0.717) is 5.39 Å². The van der Waals surface area contributed by atoms with Crippen molar-refractivity contribution >= 4 is 16.5 Å². The van der Waals surface area contributed by atoms with Crippen molar-refractivity contribution in [1.29, 1.82) is 0 Å². The van der Waals surface area contributed by atoms with Crippen LogP contribution in [0.3, 0.4) is 0 Å². The molecule has 0 aliphatic heterocycles. The predicted molar refractivity (Wildman–Crippen MR) is 58.8 cm³/mol. The lowest BCUT2D eigenvalue weighted by molar-refractivity contribution is 0.542. The van der Waals surface area contributed by atoms with Gasteiger partial charge in [0.15, 0.2) is 11.4 Å². The van der Waals surface area contributed by atoms with Crippen LogP contribution in [-0.2, 0) is 0 Å². The molecule has 2 nitrogen and oxygen atoms in total. The Labute approximate surface area is 91.3 Å². The van der Waals surface area contributed by atoms with E-state index >= 15 is 0 Å². The first-order chi connectivity index (χ1) is 7.52. The third-order valence-corrected chi connectivity index (χ3v) is 2.51. The Balaban J connectivity index is 2.73. The Hall–Kier alpha value is -1.68. The first kappa shape index (κ1) is 10.8. The molecule has 0 aliphatic carbocycles. The van der Waals surface area contributed by atoms with E-state index < -0.39 is 17.7 Å². The van der Waals surface area contributed by atoms with E-state index in [4.69, 9.17) is 10.2 Å². The highest BCUT2D eigenvalue weighted by molar-refractivity contribution is 5.83. The van der Waals surface area contributed by atoms with Gasteiger partial charge in [-0.3, -0.25) is 0 Å². The lowest BCUT2D eigenvalue weighted by Crippen LogP contribution is -2.17. The topological polar surface area (TPSA) is 39.2 Å². The Morgan fingerprint density at radius 3 is 2.81 bits per heavy atom. The van der Waals surface area contributed by atoms with Crippen molar-refractivity contribution in [2.45, 2.75) is 13.0 Å². The fourth-order valence-corrected chi connectivity index (χ4v) is 1.56. The van der Waals surface area contributed by atoms with Gasteiger partial charge in [0.05, 0.1) is 11.8 Å². The molecule has 4 heteroatoms. The van der Waals surface area contributed by atoms with Crippen molar-refractivity contribution < 1.29 is 13.2 Å². The number of hydrogen-bond donors (Lipinski definition) is 1.